The first-order chi connectivity index (χ1) is 7.27. The van der Waals surface area contributed by atoms with Crippen molar-refractivity contribution in [2.45, 2.75) is 20.3 Å². The van der Waals surface area contributed by atoms with Crippen molar-refractivity contribution in [1.29, 1.82) is 0 Å². The highest BCUT2D eigenvalue weighted by Gasteiger charge is 2.13. The monoisotopic (exact) mass is 205 g/mol. The number of ether oxygens (including phenoxy) is 1. The van der Waals surface area contributed by atoms with E-state index < -0.39 is 0 Å². The summed E-state index contributed by atoms with van der Waals surface area (Å²) in [6.07, 6.45) is 1.35. The lowest BCUT2D eigenvalue weighted by atomic mass is 10.1. The van der Waals surface area contributed by atoms with E-state index in [1.807, 2.05) is 0 Å². The number of hydrogen-bond acceptors (Lipinski definition) is 2. The highest BCUT2D eigenvalue weighted by Crippen LogP contribution is 2.22. The van der Waals surface area contributed by atoms with Crippen molar-refractivity contribution < 1.29 is 4.74 Å². The van der Waals surface area contributed by atoms with Crippen LogP contribution >= 0.6 is 0 Å². The van der Waals surface area contributed by atoms with Crippen LogP contribution in [0.2, 0.25) is 0 Å². The van der Waals surface area contributed by atoms with E-state index in [2.05, 4.69) is 36.9 Å². The molecular weight excluding hydrogens is 186 g/mol. The highest BCUT2D eigenvalue weighted by atomic mass is 16.5. The molecule has 0 saturated carbocycles. The molecule has 1 heterocycles. The number of para-hydroxylation sites is 1. The number of aryl methyl sites for hydroxylation is 2. The normalized spacial score (nSPS) is 16.1. The molecule has 2 heteroatoms. The minimum Gasteiger partial charge on any atom is -0.492 e. The number of nitrogens with zero attached hydrogens (tertiary/aromatic N) is 1. The average molecular weight is 205 g/mol. The van der Waals surface area contributed by atoms with Crippen LogP contribution in [0.4, 0.5) is 0 Å². The summed E-state index contributed by atoms with van der Waals surface area (Å²) >= 11 is 0. The summed E-state index contributed by atoms with van der Waals surface area (Å²) in [5.74, 6) is 1.07. The Morgan fingerprint density at radius 1 is 1.20 bits per heavy atom. The zero-order chi connectivity index (χ0) is 10.7. The molecule has 1 aliphatic heterocycles. The molecule has 0 N–H and O–H groups in total. The zero-order valence-electron chi connectivity index (χ0n) is 9.62. The molecular formula is C13H19NO. The maximum atomic E-state index is 5.83. The predicted molar refractivity (Wildman–Crippen MR) is 62.5 cm³/mol. The molecule has 1 saturated heterocycles. The Labute approximate surface area is 91.9 Å². The average Bonchev–Trinajstić information content (AvgIpc) is 2.13. The Hall–Kier alpha value is -1.02. The van der Waals surface area contributed by atoms with Crippen LogP contribution in [0.5, 0.6) is 5.75 Å². The van der Waals surface area contributed by atoms with Crippen LogP contribution in [0.25, 0.3) is 0 Å². The number of hydrogen-bond donors (Lipinski definition) is 0. The molecule has 0 radical (unpaired) electrons. The summed E-state index contributed by atoms with van der Waals surface area (Å²) < 4.78 is 5.83. The maximum Gasteiger partial charge on any atom is 0.125 e. The molecule has 0 spiro atoms. The van der Waals surface area contributed by atoms with Crippen molar-refractivity contribution in [2.24, 2.45) is 0 Å². The van der Waals surface area contributed by atoms with Crippen molar-refractivity contribution >= 4 is 0 Å². The molecule has 2 nitrogen and oxygen atoms in total. The van der Waals surface area contributed by atoms with Gasteiger partial charge in [0, 0.05) is 6.54 Å². The molecule has 82 valence electrons. The molecule has 0 aromatic heterocycles. The molecule has 1 aromatic rings. The fourth-order valence-corrected chi connectivity index (χ4v) is 1.91. The van der Waals surface area contributed by atoms with E-state index in [-0.39, 0.29) is 0 Å². The van der Waals surface area contributed by atoms with Crippen LogP contribution in [-0.4, -0.2) is 31.1 Å². The lowest BCUT2D eigenvalue weighted by molar-refractivity contribution is 0.146. The summed E-state index contributed by atoms with van der Waals surface area (Å²) in [6, 6.07) is 6.28. The second-order valence-corrected chi connectivity index (χ2v) is 4.26. The van der Waals surface area contributed by atoms with Gasteiger partial charge in [-0.2, -0.15) is 0 Å². The minimum atomic E-state index is 0.811. The van der Waals surface area contributed by atoms with Gasteiger partial charge in [-0.1, -0.05) is 18.2 Å². The molecule has 0 atom stereocenters. The van der Waals surface area contributed by atoms with Crippen molar-refractivity contribution in [3.63, 3.8) is 0 Å². The summed E-state index contributed by atoms with van der Waals surface area (Å²) in [6.45, 7) is 8.57. The van der Waals surface area contributed by atoms with E-state index >= 15 is 0 Å². The van der Waals surface area contributed by atoms with Gasteiger partial charge in [-0.05, 0) is 44.5 Å². The third-order valence-corrected chi connectivity index (χ3v) is 3.01. The second kappa shape index (κ2) is 4.67. The minimum absolute atomic E-state index is 0.811. The molecule has 1 aromatic carbocycles. The standard InChI is InChI=1S/C13H19NO/c1-11-5-3-6-12(2)13(11)15-10-9-14-7-4-8-14/h3,5-6H,4,7-10H2,1-2H3. The molecule has 0 amide bonds. The number of benzene rings is 1. The van der Waals surface area contributed by atoms with Gasteiger partial charge in [-0.25, -0.2) is 0 Å². The van der Waals surface area contributed by atoms with E-state index in [1.54, 1.807) is 0 Å². The summed E-state index contributed by atoms with van der Waals surface area (Å²) in [7, 11) is 0. The fraction of sp³-hybridized carbons (Fsp3) is 0.538. The van der Waals surface area contributed by atoms with Crippen molar-refractivity contribution in [3.05, 3.63) is 29.3 Å². The van der Waals surface area contributed by atoms with Crippen LogP contribution in [0.3, 0.4) is 0 Å². The van der Waals surface area contributed by atoms with Gasteiger partial charge >= 0.3 is 0 Å². The predicted octanol–water partition coefficient (Wildman–Crippen LogP) is 2.39. The molecule has 0 bridgehead atoms. The highest BCUT2D eigenvalue weighted by molar-refractivity contribution is 5.39. The van der Waals surface area contributed by atoms with Gasteiger partial charge in [0.15, 0.2) is 0 Å². The topological polar surface area (TPSA) is 12.5 Å². The van der Waals surface area contributed by atoms with Crippen LogP contribution in [-0.2, 0) is 0 Å². The molecule has 1 fully saturated rings. The second-order valence-electron chi connectivity index (χ2n) is 4.26. The van der Waals surface area contributed by atoms with Crippen LogP contribution in [0, 0.1) is 13.8 Å². The summed E-state index contributed by atoms with van der Waals surface area (Å²) in [4.78, 5) is 2.42. The van der Waals surface area contributed by atoms with Crippen molar-refractivity contribution in [3.8, 4) is 5.75 Å². The number of rotatable bonds is 4. The fourth-order valence-electron chi connectivity index (χ4n) is 1.91. The van der Waals surface area contributed by atoms with E-state index in [0.717, 1.165) is 18.9 Å². The Morgan fingerprint density at radius 3 is 2.40 bits per heavy atom. The van der Waals surface area contributed by atoms with Crippen molar-refractivity contribution in [2.75, 3.05) is 26.2 Å². The van der Waals surface area contributed by atoms with Crippen molar-refractivity contribution in [1.82, 2.24) is 4.90 Å². The summed E-state index contributed by atoms with van der Waals surface area (Å²) in [5.41, 5.74) is 2.47. The molecule has 0 aliphatic carbocycles. The zero-order valence-corrected chi connectivity index (χ0v) is 9.62. The van der Waals surface area contributed by atoms with E-state index in [1.165, 1.54) is 30.6 Å². The molecule has 1 aliphatic rings. The SMILES string of the molecule is Cc1cccc(C)c1OCCN1CCC1. The van der Waals surface area contributed by atoms with Crippen LogP contribution in [0.15, 0.2) is 18.2 Å². The first kappa shape index (κ1) is 10.5. The van der Waals surface area contributed by atoms with E-state index in [0.29, 0.717) is 0 Å². The van der Waals surface area contributed by atoms with E-state index in [4.69, 9.17) is 4.74 Å². The van der Waals surface area contributed by atoms with E-state index in [9.17, 15) is 0 Å². The molecule has 15 heavy (non-hydrogen) atoms. The smallest absolute Gasteiger partial charge is 0.125 e. The van der Waals surface area contributed by atoms with Gasteiger partial charge in [-0.15, -0.1) is 0 Å². The third kappa shape index (κ3) is 2.51. The van der Waals surface area contributed by atoms with Gasteiger partial charge in [0.1, 0.15) is 12.4 Å². The van der Waals surface area contributed by atoms with Crippen LogP contribution < -0.4 is 4.74 Å². The Morgan fingerprint density at radius 2 is 1.87 bits per heavy atom. The Kier molecular flexibility index (Phi) is 3.27. The third-order valence-electron chi connectivity index (χ3n) is 3.01. The quantitative estimate of drug-likeness (QED) is 0.748. The van der Waals surface area contributed by atoms with Crippen LogP contribution in [0.1, 0.15) is 17.5 Å². The van der Waals surface area contributed by atoms with Gasteiger partial charge in [0.25, 0.3) is 0 Å². The Bertz CT molecular complexity index is 311. The Balaban J connectivity index is 1.86. The first-order valence-electron chi connectivity index (χ1n) is 5.69. The lowest BCUT2D eigenvalue weighted by Crippen LogP contribution is -2.39. The van der Waals surface area contributed by atoms with Gasteiger partial charge in [0.2, 0.25) is 0 Å². The summed E-state index contributed by atoms with van der Waals surface area (Å²) in [5, 5.41) is 0. The number of likely N-dealkylation sites (tertiary alicyclic amines) is 1. The lowest BCUT2D eigenvalue weighted by Gasteiger charge is -2.30. The largest absolute Gasteiger partial charge is 0.492 e. The maximum absolute atomic E-state index is 5.83. The van der Waals surface area contributed by atoms with Gasteiger partial charge in [-0.3, -0.25) is 4.90 Å². The first-order valence-corrected chi connectivity index (χ1v) is 5.69. The molecule has 2 rings (SSSR count). The van der Waals surface area contributed by atoms with Gasteiger partial charge in [0.05, 0.1) is 0 Å². The molecule has 0 unspecified atom stereocenters. The van der Waals surface area contributed by atoms with Gasteiger partial charge < -0.3 is 4.74 Å².